The molecule has 0 spiro atoms. The van der Waals surface area contributed by atoms with Crippen molar-refractivity contribution in [2.45, 2.75) is 51.4 Å². The molecule has 1 aromatic heterocycles. The highest BCUT2D eigenvalue weighted by Gasteiger charge is 2.42. The molecule has 0 aliphatic heterocycles. The lowest BCUT2D eigenvalue weighted by Crippen LogP contribution is -2.37. The van der Waals surface area contributed by atoms with Crippen LogP contribution in [-0.2, 0) is 16.6 Å². The summed E-state index contributed by atoms with van der Waals surface area (Å²) in [7, 11) is 0. The second-order valence-electron chi connectivity index (χ2n) is 6.71. The van der Waals surface area contributed by atoms with Crippen LogP contribution in [0, 0.1) is 5.92 Å². The Labute approximate surface area is 141 Å². The van der Waals surface area contributed by atoms with Gasteiger partial charge in [-0.25, -0.2) is 0 Å². The number of benzene rings is 1. The molecule has 2 aromatic rings. The van der Waals surface area contributed by atoms with Crippen LogP contribution in [0.1, 0.15) is 50.1 Å². The van der Waals surface area contributed by atoms with Crippen LogP contribution in [0.5, 0.6) is 0 Å². The number of hydrogen-bond donors (Lipinski definition) is 1. The van der Waals surface area contributed by atoms with Gasteiger partial charge in [-0.15, -0.1) is 10.2 Å². The van der Waals surface area contributed by atoms with Crippen molar-refractivity contribution in [3.8, 4) is 0 Å². The zero-order valence-electron chi connectivity index (χ0n) is 13.7. The van der Waals surface area contributed by atoms with Crippen molar-refractivity contribution in [1.29, 1.82) is 0 Å². The standard InChI is InChI=1S/C18H23N3OS/c1-13(2)12-15-20-21-17(23-15)19-16(22)18(10-6-7-11-18)14-8-4-3-5-9-14/h3-5,8-9,13H,6-7,10-12H2,1-2H3,(H,19,21,22). The van der Waals surface area contributed by atoms with Gasteiger partial charge in [0.15, 0.2) is 0 Å². The monoisotopic (exact) mass is 329 g/mol. The zero-order valence-corrected chi connectivity index (χ0v) is 14.5. The summed E-state index contributed by atoms with van der Waals surface area (Å²) in [5.41, 5.74) is 0.701. The van der Waals surface area contributed by atoms with Crippen LogP contribution in [0.25, 0.3) is 0 Å². The van der Waals surface area contributed by atoms with Crippen LogP contribution < -0.4 is 5.32 Å². The van der Waals surface area contributed by atoms with Gasteiger partial charge in [-0.1, -0.05) is 68.4 Å². The molecule has 1 fully saturated rings. The van der Waals surface area contributed by atoms with Gasteiger partial charge in [-0.05, 0) is 24.3 Å². The predicted octanol–water partition coefficient (Wildman–Crippen LogP) is 4.19. The Morgan fingerprint density at radius 1 is 1.22 bits per heavy atom. The lowest BCUT2D eigenvalue weighted by Gasteiger charge is -2.27. The number of rotatable bonds is 5. The van der Waals surface area contributed by atoms with E-state index in [2.05, 4.69) is 41.5 Å². The molecule has 0 saturated heterocycles. The van der Waals surface area contributed by atoms with Crippen molar-refractivity contribution < 1.29 is 4.79 Å². The third-order valence-electron chi connectivity index (χ3n) is 4.49. The van der Waals surface area contributed by atoms with Crippen LogP contribution in [0.3, 0.4) is 0 Å². The Morgan fingerprint density at radius 3 is 2.57 bits per heavy atom. The predicted molar refractivity (Wildman–Crippen MR) is 93.7 cm³/mol. The van der Waals surface area contributed by atoms with Crippen LogP contribution in [0.4, 0.5) is 5.13 Å². The lowest BCUT2D eigenvalue weighted by atomic mass is 9.78. The van der Waals surface area contributed by atoms with Crippen molar-refractivity contribution in [3.63, 3.8) is 0 Å². The van der Waals surface area contributed by atoms with Gasteiger partial charge in [0.05, 0.1) is 5.41 Å². The number of nitrogens with zero attached hydrogens (tertiary/aromatic N) is 2. The Bertz CT molecular complexity index is 660. The van der Waals surface area contributed by atoms with Gasteiger partial charge >= 0.3 is 0 Å². The summed E-state index contributed by atoms with van der Waals surface area (Å²) in [5.74, 6) is 0.602. The topological polar surface area (TPSA) is 54.9 Å². The minimum Gasteiger partial charge on any atom is -0.300 e. The molecule has 122 valence electrons. The normalized spacial score (nSPS) is 16.7. The maximum absolute atomic E-state index is 13.0. The molecule has 1 heterocycles. The summed E-state index contributed by atoms with van der Waals surface area (Å²) in [5, 5.41) is 13.0. The number of carbonyl (C=O) groups is 1. The van der Waals surface area contributed by atoms with Gasteiger partial charge in [0.2, 0.25) is 11.0 Å². The van der Waals surface area contributed by atoms with E-state index in [0.29, 0.717) is 11.0 Å². The zero-order chi connectivity index (χ0) is 16.3. The van der Waals surface area contributed by atoms with E-state index in [1.54, 1.807) is 0 Å². The molecule has 0 atom stereocenters. The number of nitrogens with one attached hydrogen (secondary N) is 1. The maximum Gasteiger partial charge on any atom is 0.236 e. The van der Waals surface area contributed by atoms with Crippen LogP contribution in [0.2, 0.25) is 0 Å². The highest BCUT2D eigenvalue weighted by atomic mass is 32.1. The third kappa shape index (κ3) is 3.44. The van der Waals surface area contributed by atoms with Gasteiger partial charge in [0.1, 0.15) is 5.01 Å². The fraction of sp³-hybridized carbons (Fsp3) is 0.500. The van der Waals surface area contributed by atoms with E-state index >= 15 is 0 Å². The molecule has 1 amide bonds. The number of aromatic nitrogens is 2. The van der Waals surface area contributed by atoms with Gasteiger partial charge < -0.3 is 0 Å². The first kappa shape index (κ1) is 16.1. The van der Waals surface area contributed by atoms with Crippen molar-refractivity contribution in [2.24, 2.45) is 5.92 Å². The summed E-state index contributed by atoms with van der Waals surface area (Å²) >= 11 is 1.49. The van der Waals surface area contributed by atoms with Crippen LogP contribution in [0.15, 0.2) is 30.3 Å². The molecule has 0 unspecified atom stereocenters. The molecule has 3 rings (SSSR count). The van der Waals surface area contributed by atoms with E-state index in [9.17, 15) is 4.79 Å². The first-order valence-electron chi connectivity index (χ1n) is 8.29. The summed E-state index contributed by atoms with van der Waals surface area (Å²) < 4.78 is 0. The average Bonchev–Trinajstić information content (AvgIpc) is 3.18. The number of amides is 1. The van der Waals surface area contributed by atoms with Gasteiger partial charge in [-0.3, -0.25) is 10.1 Å². The van der Waals surface area contributed by atoms with Crippen molar-refractivity contribution in [3.05, 3.63) is 40.9 Å². The highest BCUT2D eigenvalue weighted by Crippen LogP contribution is 2.42. The SMILES string of the molecule is CC(C)Cc1nnc(NC(=O)C2(c3ccccc3)CCCC2)s1. The van der Waals surface area contributed by atoms with Crippen LogP contribution in [-0.4, -0.2) is 16.1 Å². The van der Waals surface area contributed by atoms with Crippen LogP contribution >= 0.6 is 11.3 Å². The van der Waals surface area contributed by atoms with Gasteiger partial charge in [0, 0.05) is 6.42 Å². The Balaban J connectivity index is 1.79. The van der Waals surface area contributed by atoms with E-state index in [4.69, 9.17) is 0 Å². The molecule has 1 aromatic carbocycles. The first-order chi connectivity index (χ1) is 11.1. The van der Waals surface area contributed by atoms with Crippen molar-refractivity contribution in [2.75, 3.05) is 5.32 Å². The Morgan fingerprint density at radius 2 is 1.91 bits per heavy atom. The minimum absolute atomic E-state index is 0.0634. The van der Waals surface area contributed by atoms with E-state index in [0.717, 1.165) is 42.7 Å². The Kier molecular flexibility index (Phi) is 4.76. The lowest BCUT2D eigenvalue weighted by molar-refractivity contribution is -0.121. The molecule has 1 saturated carbocycles. The minimum atomic E-state index is -0.412. The summed E-state index contributed by atoms with van der Waals surface area (Å²) in [4.78, 5) is 13.0. The summed E-state index contributed by atoms with van der Waals surface area (Å²) in [6, 6.07) is 10.1. The molecule has 23 heavy (non-hydrogen) atoms. The second kappa shape index (κ2) is 6.79. The molecular formula is C18H23N3OS. The molecule has 0 bridgehead atoms. The van der Waals surface area contributed by atoms with E-state index in [-0.39, 0.29) is 5.91 Å². The number of carbonyl (C=O) groups excluding carboxylic acids is 1. The smallest absolute Gasteiger partial charge is 0.236 e. The fourth-order valence-electron chi connectivity index (χ4n) is 3.34. The molecule has 4 nitrogen and oxygen atoms in total. The second-order valence-corrected chi connectivity index (χ2v) is 7.77. The van der Waals surface area contributed by atoms with E-state index in [1.165, 1.54) is 11.3 Å². The number of anilines is 1. The fourth-order valence-corrected chi connectivity index (χ4v) is 4.28. The Hall–Kier alpha value is -1.75. The molecule has 1 aliphatic rings. The van der Waals surface area contributed by atoms with E-state index in [1.807, 2.05) is 18.2 Å². The largest absolute Gasteiger partial charge is 0.300 e. The molecule has 5 heteroatoms. The highest BCUT2D eigenvalue weighted by molar-refractivity contribution is 7.15. The summed E-state index contributed by atoms with van der Waals surface area (Å²) in [6.45, 7) is 4.31. The maximum atomic E-state index is 13.0. The first-order valence-corrected chi connectivity index (χ1v) is 9.11. The van der Waals surface area contributed by atoms with Crippen molar-refractivity contribution in [1.82, 2.24) is 10.2 Å². The van der Waals surface area contributed by atoms with Gasteiger partial charge in [0.25, 0.3) is 0 Å². The van der Waals surface area contributed by atoms with Gasteiger partial charge in [-0.2, -0.15) is 0 Å². The summed E-state index contributed by atoms with van der Waals surface area (Å²) in [6.07, 6.45) is 4.90. The molecule has 1 N–H and O–H groups in total. The van der Waals surface area contributed by atoms with E-state index < -0.39 is 5.41 Å². The quantitative estimate of drug-likeness (QED) is 0.895. The average molecular weight is 329 g/mol. The van der Waals surface area contributed by atoms with Crippen molar-refractivity contribution >= 4 is 22.4 Å². The number of hydrogen-bond acceptors (Lipinski definition) is 4. The third-order valence-corrected chi connectivity index (χ3v) is 5.35. The molecule has 0 radical (unpaired) electrons. The molecule has 1 aliphatic carbocycles. The molecular weight excluding hydrogens is 306 g/mol.